The molecule has 0 radical (unpaired) electrons. The van der Waals surface area contributed by atoms with Gasteiger partial charge in [-0.2, -0.15) is 0 Å². The average molecular weight is 303 g/mol. The van der Waals surface area contributed by atoms with Gasteiger partial charge in [-0.05, 0) is 18.6 Å². The first-order valence-electron chi connectivity index (χ1n) is 6.04. The van der Waals surface area contributed by atoms with E-state index in [1.54, 1.807) is 0 Å². The Balaban J connectivity index is 2.78. The van der Waals surface area contributed by atoms with Crippen LogP contribution in [0.25, 0.3) is 0 Å². The lowest BCUT2D eigenvalue weighted by atomic mass is 10.1. The molecule has 1 rings (SSSR count). The second-order valence-corrected chi connectivity index (χ2v) is 4.27. The summed E-state index contributed by atoms with van der Waals surface area (Å²) in [4.78, 5) is 22.7. The molecule has 0 bridgehead atoms. The molecule has 0 aromatic heterocycles. The number of nitrogens with one attached hydrogen (secondary N) is 1. The first kappa shape index (κ1) is 17.0. The summed E-state index contributed by atoms with van der Waals surface area (Å²) in [6, 6.07) is 0.978. The summed E-state index contributed by atoms with van der Waals surface area (Å²) < 4.78 is 30.8. The second-order valence-electron chi connectivity index (χ2n) is 4.27. The normalized spacial score (nSPS) is 12.0. The molecule has 1 atom stereocenters. The van der Waals surface area contributed by atoms with Gasteiger partial charge < -0.3 is 20.3 Å². The van der Waals surface area contributed by atoms with Crippen molar-refractivity contribution in [2.24, 2.45) is 0 Å². The molecule has 0 aliphatic carbocycles. The minimum absolute atomic E-state index is 0.0292. The van der Waals surface area contributed by atoms with Gasteiger partial charge in [0.1, 0.15) is 0 Å². The zero-order valence-corrected chi connectivity index (χ0v) is 11.2. The van der Waals surface area contributed by atoms with E-state index >= 15 is 0 Å². The van der Waals surface area contributed by atoms with Gasteiger partial charge in [-0.15, -0.1) is 0 Å². The van der Waals surface area contributed by atoms with Gasteiger partial charge in [0.05, 0.1) is 23.8 Å². The van der Waals surface area contributed by atoms with E-state index < -0.39 is 40.7 Å². The third-order valence-corrected chi connectivity index (χ3v) is 2.66. The number of carboxylic acids is 1. The predicted octanol–water partition coefficient (Wildman–Crippen LogP) is 0.790. The van der Waals surface area contributed by atoms with Crippen molar-refractivity contribution in [3.63, 3.8) is 0 Å². The number of halogens is 2. The third-order valence-electron chi connectivity index (χ3n) is 2.66. The molecule has 116 valence electrons. The highest BCUT2D eigenvalue weighted by Gasteiger charge is 2.20. The van der Waals surface area contributed by atoms with Crippen LogP contribution in [0, 0.1) is 11.6 Å². The fourth-order valence-corrected chi connectivity index (χ4v) is 1.63. The van der Waals surface area contributed by atoms with Crippen molar-refractivity contribution >= 4 is 11.9 Å². The van der Waals surface area contributed by atoms with Crippen LogP contribution >= 0.6 is 0 Å². The second kappa shape index (κ2) is 7.65. The van der Waals surface area contributed by atoms with E-state index in [0.717, 1.165) is 0 Å². The van der Waals surface area contributed by atoms with E-state index in [0.29, 0.717) is 12.1 Å². The molecular weight excluding hydrogens is 288 g/mol. The molecule has 8 heteroatoms. The summed E-state index contributed by atoms with van der Waals surface area (Å²) >= 11 is 0. The van der Waals surface area contributed by atoms with E-state index in [4.69, 9.17) is 9.84 Å². The molecule has 0 aliphatic rings. The number of aliphatic hydroxyl groups excluding tert-OH is 1. The first-order chi connectivity index (χ1) is 9.86. The van der Waals surface area contributed by atoms with Crippen LogP contribution in [0.3, 0.4) is 0 Å². The SMILES string of the molecule is COCC(O)CCNC(=O)c1cc(F)c(F)cc1C(=O)O. The van der Waals surface area contributed by atoms with Crippen LogP contribution in [0.1, 0.15) is 27.1 Å². The number of amides is 1. The van der Waals surface area contributed by atoms with Crippen molar-refractivity contribution in [3.8, 4) is 0 Å². The minimum atomic E-state index is -1.54. The standard InChI is InChI=1S/C13H15F2NO5/c1-21-6-7(17)2-3-16-12(18)8-4-10(14)11(15)5-9(8)13(19)20/h4-5,7,17H,2-3,6H2,1H3,(H,16,18)(H,19,20). The molecule has 1 aromatic rings. The molecule has 0 heterocycles. The first-order valence-corrected chi connectivity index (χ1v) is 6.04. The van der Waals surface area contributed by atoms with E-state index in [9.17, 15) is 23.5 Å². The molecule has 3 N–H and O–H groups in total. The van der Waals surface area contributed by atoms with Crippen LogP contribution in [0.15, 0.2) is 12.1 Å². The van der Waals surface area contributed by atoms with Crippen LogP contribution in [0.2, 0.25) is 0 Å². The summed E-state index contributed by atoms with van der Waals surface area (Å²) in [5.74, 6) is -5.07. The Morgan fingerprint density at radius 1 is 1.29 bits per heavy atom. The Kier molecular flexibility index (Phi) is 6.19. The molecule has 0 saturated carbocycles. The number of rotatable bonds is 7. The highest BCUT2D eigenvalue weighted by Crippen LogP contribution is 2.15. The largest absolute Gasteiger partial charge is 0.478 e. The van der Waals surface area contributed by atoms with Crippen molar-refractivity contribution < 1.29 is 33.3 Å². The number of aromatic carboxylic acids is 1. The number of aliphatic hydroxyl groups is 1. The Labute approximate surface area is 119 Å². The number of hydrogen-bond acceptors (Lipinski definition) is 4. The molecular formula is C13H15F2NO5. The Bertz CT molecular complexity index is 536. The van der Waals surface area contributed by atoms with Crippen LogP contribution in [0.5, 0.6) is 0 Å². The topological polar surface area (TPSA) is 95.9 Å². The van der Waals surface area contributed by atoms with Gasteiger partial charge >= 0.3 is 5.97 Å². The van der Waals surface area contributed by atoms with Crippen LogP contribution in [-0.2, 0) is 4.74 Å². The summed E-state index contributed by atoms with van der Waals surface area (Å²) in [6.07, 6.45) is -0.620. The predicted molar refractivity (Wildman–Crippen MR) is 68.2 cm³/mol. The Morgan fingerprint density at radius 3 is 2.38 bits per heavy atom. The van der Waals surface area contributed by atoms with Crippen molar-refractivity contribution in [1.82, 2.24) is 5.32 Å². The van der Waals surface area contributed by atoms with Crippen molar-refractivity contribution in [3.05, 3.63) is 34.9 Å². The van der Waals surface area contributed by atoms with Gasteiger partial charge in [-0.3, -0.25) is 4.79 Å². The monoisotopic (exact) mass is 303 g/mol. The van der Waals surface area contributed by atoms with Crippen molar-refractivity contribution in [1.29, 1.82) is 0 Å². The maximum atomic E-state index is 13.1. The molecule has 0 fully saturated rings. The summed E-state index contributed by atoms with van der Waals surface area (Å²) in [5.41, 5.74) is -1.12. The van der Waals surface area contributed by atoms with Gasteiger partial charge in [0.15, 0.2) is 11.6 Å². The van der Waals surface area contributed by atoms with E-state index in [1.165, 1.54) is 7.11 Å². The van der Waals surface area contributed by atoms with Crippen LogP contribution < -0.4 is 5.32 Å². The highest BCUT2D eigenvalue weighted by molar-refractivity contribution is 6.04. The number of ether oxygens (including phenoxy) is 1. The number of carbonyl (C=O) groups is 2. The van der Waals surface area contributed by atoms with E-state index in [1.807, 2.05) is 0 Å². The molecule has 6 nitrogen and oxygen atoms in total. The molecule has 1 unspecified atom stereocenters. The third kappa shape index (κ3) is 4.76. The number of benzene rings is 1. The molecule has 0 aliphatic heterocycles. The quantitative estimate of drug-likeness (QED) is 0.692. The molecule has 0 spiro atoms. The zero-order valence-electron chi connectivity index (χ0n) is 11.2. The number of hydrogen-bond donors (Lipinski definition) is 3. The molecule has 1 amide bonds. The van der Waals surface area contributed by atoms with Gasteiger partial charge in [-0.1, -0.05) is 0 Å². The van der Waals surface area contributed by atoms with Gasteiger partial charge in [0, 0.05) is 13.7 Å². The lowest BCUT2D eigenvalue weighted by Gasteiger charge is -2.11. The highest BCUT2D eigenvalue weighted by atomic mass is 19.2. The number of carboxylic acid groups (broad SMARTS) is 1. The fourth-order valence-electron chi connectivity index (χ4n) is 1.63. The number of carbonyl (C=O) groups excluding carboxylic acids is 1. The van der Waals surface area contributed by atoms with Gasteiger partial charge in [0.2, 0.25) is 0 Å². The Morgan fingerprint density at radius 2 is 1.86 bits per heavy atom. The number of methoxy groups -OCH3 is 1. The smallest absolute Gasteiger partial charge is 0.336 e. The molecule has 21 heavy (non-hydrogen) atoms. The Hall–Kier alpha value is -2.06. The van der Waals surface area contributed by atoms with Crippen molar-refractivity contribution in [2.45, 2.75) is 12.5 Å². The average Bonchev–Trinajstić information content (AvgIpc) is 2.41. The lowest BCUT2D eigenvalue weighted by molar-refractivity contribution is 0.0586. The minimum Gasteiger partial charge on any atom is -0.478 e. The van der Waals surface area contributed by atoms with Crippen molar-refractivity contribution in [2.75, 3.05) is 20.3 Å². The van der Waals surface area contributed by atoms with Gasteiger partial charge in [-0.25, -0.2) is 13.6 Å². The zero-order chi connectivity index (χ0) is 16.0. The molecule has 1 aromatic carbocycles. The summed E-state index contributed by atoms with van der Waals surface area (Å²) in [7, 11) is 1.40. The summed E-state index contributed by atoms with van der Waals surface area (Å²) in [5, 5.41) is 20.6. The summed E-state index contributed by atoms with van der Waals surface area (Å²) in [6.45, 7) is 0.114. The molecule has 0 saturated heterocycles. The fraction of sp³-hybridized carbons (Fsp3) is 0.385. The maximum absolute atomic E-state index is 13.1. The van der Waals surface area contributed by atoms with E-state index in [-0.39, 0.29) is 19.6 Å². The van der Waals surface area contributed by atoms with Gasteiger partial charge in [0.25, 0.3) is 5.91 Å². The van der Waals surface area contributed by atoms with E-state index in [2.05, 4.69) is 5.32 Å². The lowest BCUT2D eigenvalue weighted by Crippen LogP contribution is -2.29. The maximum Gasteiger partial charge on any atom is 0.336 e. The van der Waals surface area contributed by atoms with Crippen LogP contribution in [0.4, 0.5) is 8.78 Å². The van der Waals surface area contributed by atoms with Crippen LogP contribution in [-0.4, -0.2) is 48.5 Å².